The molecule has 1 amide bonds. The average Bonchev–Trinajstić information content (AvgIpc) is 3.13. The third-order valence-corrected chi connectivity index (χ3v) is 11.8. The second-order valence-corrected chi connectivity index (χ2v) is 17.1. The molecule has 9 heteroatoms. The molecule has 0 saturated carbocycles. The number of amides is 1. The largest absolute Gasteiger partial charge is 0.378 e. The van der Waals surface area contributed by atoms with Crippen molar-refractivity contribution in [2.24, 2.45) is 10.4 Å². The van der Waals surface area contributed by atoms with Crippen molar-refractivity contribution in [3.63, 3.8) is 0 Å². The van der Waals surface area contributed by atoms with Crippen LogP contribution in [0.1, 0.15) is 51.3 Å². The van der Waals surface area contributed by atoms with E-state index in [-0.39, 0.29) is 5.91 Å². The number of carbonyl (C=O) groups is 1. The fourth-order valence-corrected chi connectivity index (χ4v) is 8.37. The number of nitrogens with one attached hydrogen (secondary N) is 1. The highest BCUT2D eigenvalue weighted by Crippen LogP contribution is 2.55. The topological polar surface area (TPSA) is 51.2 Å². The summed E-state index contributed by atoms with van der Waals surface area (Å²) in [5, 5.41) is 3.78. The fraction of sp³-hybridized carbons (Fsp3) is 0.256. The molecule has 5 aromatic rings. The molecular weight excluding hydrogens is 794 g/mol. The first-order valence-electron chi connectivity index (χ1n) is 17.5. The first-order valence-corrected chi connectivity index (χ1v) is 19.9. The van der Waals surface area contributed by atoms with Crippen molar-refractivity contribution in [1.29, 1.82) is 0 Å². The van der Waals surface area contributed by atoms with Crippen molar-refractivity contribution in [3.8, 4) is 0 Å². The zero-order valence-corrected chi connectivity index (χ0v) is 34.7. The summed E-state index contributed by atoms with van der Waals surface area (Å²) in [7, 11) is 4.07. The number of aliphatic imine (C=N–C) groups is 1. The zero-order chi connectivity index (χ0) is 37.2. The molecule has 0 aromatic heterocycles. The summed E-state index contributed by atoms with van der Waals surface area (Å²) in [6.45, 7) is 11.8. The van der Waals surface area contributed by atoms with Crippen LogP contribution >= 0.6 is 43.6 Å². The Bertz CT molecular complexity index is 1960. The number of rotatable bonds is 9. The number of halogens is 2. The Labute approximate surface area is 329 Å². The van der Waals surface area contributed by atoms with E-state index in [0.29, 0.717) is 5.17 Å². The van der Waals surface area contributed by atoms with Gasteiger partial charge in [-0.15, -0.1) is 0 Å². The second-order valence-electron chi connectivity index (χ2n) is 14.0. The predicted molar refractivity (Wildman–Crippen MR) is 229 cm³/mol. The van der Waals surface area contributed by atoms with Crippen molar-refractivity contribution in [1.82, 2.24) is 5.32 Å². The van der Waals surface area contributed by atoms with Crippen LogP contribution in [0.4, 0.5) is 34.1 Å². The van der Waals surface area contributed by atoms with E-state index in [2.05, 4.69) is 181 Å². The van der Waals surface area contributed by atoms with E-state index in [9.17, 15) is 4.79 Å². The lowest BCUT2D eigenvalue weighted by molar-refractivity contribution is -0.126. The van der Waals surface area contributed by atoms with E-state index in [1.165, 1.54) is 0 Å². The van der Waals surface area contributed by atoms with E-state index < -0.39 is 10.2 Å². The molecule has 1 N–H and O–H groups in total. The van der Waals surface area contributed by atoms with Gasteiger partial charge in [0.05, 0.1) is 5.69 Å². The number of carbonyl (C=O) groups excluding carboxylic acids is 1. The summed E-state index contributed by atoms with van der Waals surface area (Å²) >= 11 is 8.74. The van der Waals surface area contributed by atoms with Crippen molar-refractivity contribution < 1.29 is 4.79 Å². The first kappa shape index (κ1) is 37.7. The van der Waals surface area contributed by atoms with Crippen molar-refractivity contribution in [2.45, 2.75) is 39.4 Å². The van der Waals surface area contributed by atoms with Crippen molar-refractivity contribution in [2.75, 3.05) is 41.9 Å². The van der Waals surface area contributed by atoms with Gasteiger partial charge in [0.25, 0.3) is 0 Å². The van der Waals surface area contributed by atoms with Crippen LogP contribution < -0.4 is 20.0 Å². The van der Waals surface area contributed by atoms with Crippen LogP contribution in [0.5, 0.6) is 0 Å². The first-order chi connectivity index (χ1) is 24.8. The van der Waals surface area contributed by atoms with Gasteiger partial charge in [-0.05, 0) is 110 Å². The zero-order valence-electron chi connectivity index (χ0n) is 30.7. The third-order valence-electron chi connectivity index (χ3n) is 9.33. The molecule has 0 saturated heterocycles. The molecule has 1 aliphatic heterocycles. The lowest BCUT2D eigenvalue weighted by atomic mass is 9.82. The number of fused-ring (bicyclic) bond motifs is 1. The van der Waals surface area contributed by atoms with Gasteiger partial charge in [0.1, 0.15) is 4.75 Å². The maximum absolute atomic E-state index is 13.5. The Kier molecular flexibility index (Phi) is 11.2. The van der Waals surface area contributed by atoms with Gasteiger partial charge in [-0.3, -0.25) is 4.79 Å². The second kappa shape index (κ2) is 15.5. The van der Waals surface area contributed by atoms with E-state index in [0.717, 1.165) is 72.8 Å². The Balaban J connectivity index is 1.52. The molecule has 0 fully saturated rings. The molecule has 6 nitrogen and oxygen atoms in total. The van der Waals surface area contributed by atoms with Gasteiger partial charge >= 0.3 is 0 Å². The van der Waals surface area contributed by atoms with Crippen LogP contribution in [0.25, 0.3) is 0 Å². The molecule has 52 heavy (non-hydrogen) atoms. The number of hydrogen-bond acceptors (Lipinski definition) is 6. The Hall–Kier alpha value is -4.05. The molecule has 0 atom stereocenters. The number of thioether (sulfide) groups is 1. The summed E-state index contributed by atoms with van der Waals surface area (Å²) < 4.78 is 1.38. The van der Waals surface area contributed by atoms with Crippen LogP contribution in [0, 0.1) is 5.41 Å². The summed E-state index contributed by atoms with van der Waals surface area (Å²) in [5.74, 6) is -0.0771. The smallest absolute Gasteiger partial charge is 0.231 e. The summed E-state index contributed by atoms with van der Waals surface area (Å²) in [4.78, 5) is 25.3. The molecule has 0 bridgehead atoms. The summed E-state index contributed by atoms with van der Waals surface area (Å²) in [6, 6.07) is 41.1. The lowest BCUT2D eigenvalue weighted by Gasteiger charge is -2.39. The maximum Gasteiger partial charge on any atom is 0.231 e. The lowest BCUT2D eigenvalue weighted by Crippen LogP contribution is -2.41. The van der Waals surface area contributed by atoms with Crippen LogP contribution in [0.2, 0.25) is 0 Å². The predicted octanol–water partition coefficient (Wildman–Crippen LogP) is 11.8. The van der Waals surface area contributed by atoms with Gasteiger partial charge in [0.15, 0.2) is 5.17 Å². The average molecular weight is 840 g/mol. The SMILES string of the molecule is CCN(c1ccc(Br)cc1)c1ccc(C2(c3ccc(N(CC)c4ccc(Br)cc4)cc3)SC(NC(=O)C(C)(C)C)=Nc3cc(N(C)C)ccc32)cc1. The highest BCUT2D eigenvalue weighted by atomic mass is 79.9. The number of hydrogen-bond donors (Lipinski definition) is 1. The molecule has 0 unspecified atom stereocenters. The van der Waals surface area contributed by atoms with Crippen LogP contribution in [0.15, 0.2) is 129 Å². The van der Waals surface area contributed by atoms with E-state index >= 15 is 0 Å². The minimum absolute atomic E-state index is 0.0771. The number of benzene rings is 5. The normalized spacial score (nSPS) is 13.5. The van der Waals surface area contributed by atoms with Gasteiger partial charge in [-0.2, -0.15) is 0 Å². The van der Waals surface area contributed by atoms with Crippen LogP contribution in [0.3, 0.4) is 0 Å². The minimum Gasteiger partial charge on any atom is -0.378 e. The van der Waals surface area contributed by atoms with Crippen molar-refractivity contribution in [3.05, 3.63) is 141 Å². The monoisotopic (exact) mass is 837 g/mol. The van der Waals surface area contributed by atoms with Crippen molar-refractivity contribution >= 4 is 88.8 Å². The molecule has 268 valence electrons. The Morgan fingerprint density at radius 2 is 1.08 bits per heavy atom. The van der Waals surface area contributed by atoms with Gasteiger partial charge < -0.3 is 20.0 Å². The Morgan fingerprint density at radius 1 is 0.673 bits per heavy atom. The van der Waals surface area contributed by atoms with Gasteiger partial charge in [-0.25, -0.2) is 4.99 Å². The van der Waals surface area contributed by atoms with E-state index in [1.54, 1.807) is 11.8 Å². The molecule has 1 heterocycles. The van der Waals surface area contributed by atoms with Crippen LogP contribution in [-0.2, 0) is 9.54 Å². The third kappa shape index (κ3) is 7.68. The highest BCUT2D eigenvalue weighted by Gasteiger charge is 2.44. The van der Waals surface area contributed by atoms with E-state index in [1.807, 2.05) is 34.9 Å². The molecule has 1 aliphatic rings. The number of amidine groups is 1. The number of nitrogens with zero attached hydrogens (tertiary/aromatic N) is 4. The van der Waals surface area contributed by atoms with E-state index in [4.69, 9.17) is 4.99 Å². The molecule has 0 aliphatic carbocycles. The molecule has 0 spiro atoms. The fourth-order valence-electron chi connectivity index (χ4n) is 6.48. The summed E-state index contributed by atoms with van der Waals surface area (Å²) in [5.41, 5.74) is 9.00. The Morgan fingerprint density at radius 3 is 1.46 bits per heavy atom. The molecular formula is C43H45Br2N5OS. The van der Waals surface area contributed by atoms with Gasteiger partial charge in [-0.1, -0.05) is 94.7 Å². The quantitative estimate of drug-likeness (QED) is 0.160. The van der Waals surface area contributed by atoms with Crippen LogP contribution in [-0.4, -0.2) is 38.3 Å². The number of anilines is 5. The highest BCUT2D eigenvalue weighted by molar-refractivity contribution is 9.10. The molecule has 0 radical (unpaired) electrons. The van der Waals surface area contributed by atoms with Gasteiger partial charge in [0, 0.05) is 75.5 Å². The maximum atomic E-state index is 13.5. The standard InChI is InChI=1S/C43H45Br2N5OS/c1-8-49(35-22-14-31(44)15-23-35)33-18-10-29(11-19-33)43(30-12-20-34(21-13-30)50(9-2)36-24-16-32(45)17-25-36)38-27-26-37(48(6)7)28-39(38)46-41(52-43)47-40(51)42(3,4)5/h10-28H,8-9H2,1-7H3,(H,46,47,51). The summed E-state index contributed by atoms with van der Waals surface area (Å²) in [6.07, 6.45) is 0. The minimum atomic E-state index is -0.719. The molecule has 6 rings (SSSR count). The van der Waals surface area contributed by atoms with Gasteiger partial charge in [0.2, 0.25) is 5.91 Å². The molecule has 5 aromatic carbocycles.